The first-order chi connectivity index (χ1) is 7.36. The molecule has 0 saturated carbocycles. The number of nitrogen functional groups attached to an aromatic ring is 1. The Morgan fingerprint density at radius 1 is 1.27 bits per heavy atom. The summed E-state index contributed by atoms with van der Waals surface area (Å²) in [5.74, 6) is 0.984. The van der Waals surface area contributed by atoms with Crippen molar-refractivity contribution in [1.82, 2.24) is 4.98 Å². The second-order valence-corrected chi connectivity index (χ2v) is 3.05. The molecule has 0 atom stereocenters. The second-order valence-electron chi connectivity index (χ2n) is 3.05. The van der Waals surface area contributed by atoms with Crippen molar-refractivity contribution in [3.05, 3.63) is 18.3 Å². The lowest BCUT2D eigenvalue weighted by molar-refractivity contribution is 0.122. The molecule has 0 aromatic carbocycles. The van der Waals surface area contributed by atoms with Gasteiger partial charge in [-0.3, -0.25) is 0 Å². The molecule has 1 fully saturated rings. The van der Waals surface area contributed by atoms with Crippen molar-refractivity contribution in [2.45, 2.75) is 13.8 Å². The molecule has 0 amide bonds. The van der Waals surface area contributed by atoms with Gasteiger partial charge in [-0.05, 0) is 12.1 Å². The van der Waals surface area contributed by atoms with E-state index < -0.39 is 0 Å². The fourth-order valence-electron chi connectivity index (χ4n) is 1.38. The molecule has 2 heterocycles. The number of morpholine rings is 1. The topological polar surface area (TPSA) is 51.4 Å². The zero-order valence-electron chi connectivity index (χ0n) is 9.44. The van der Waals surface area contributed by atoms with Gasteiger partial charge in [0, 0.05) is 13.1 Å². The zero-order chi connectivity index (χ0) is 11.1. The SMILES string of the molecule is CC.Nc1ccc(N2CCOCC2)nc1. The predicted molar refractivity (Wildman–Crippen MR) is 63.0 cm³/mol. The number of aromatic nitrogens is 1. The first kappa shape index (κ1) is 11.8. The van der Waals surface area contributed by atoms with Gasteiger partial charge in [0.2, 0.25) is 0 Å². The van der Waals surface area contributed by atoms with E-state index in [0.29, 0.717) is 5.69 Å². The van der Waals surface area contributed by atoms with Crippen molar-refractivity contribution in [1.29, 1.82) is 0 Å². The van der Waals surface area contributed by atoms with E-state index in [-0.39, 0.29) is 0 Å². The van der Waals surface area contributed by atoms with Gasteiger partial charge < -0.3 is 15.4 Å². The van der Waals surface area contributed by atoms with Crippen molar-refractivity contribution in [2.75, 3.05) is 36.9 Å². The summed E-state index contributed by atoms with van der Waals surface area (Å²) in [4.78, 5) is 6.44. The van der Waals surface area contributed by atoms with Crippen LogP contribution in [-0.2, 0) is 4.74 Å². The van der Waals surface area contributed by atoms with Crippen LogP contribution in [0.4, 0.5) is 11.5 Å². The predicted octanol–water partition coefficient (Wildman–Crippen LogP) is 1.53. The molecule has 0 spiro atoms. The summed E-state index contributed by atoms with van der Waals surface area (Å²) in [5.41, 5.74) is 6.26. The highest BCUT2D eigenvalue weighted by Gasteiger charge is 2.11. The summed E-state index contributed by atoms with van der Waals surface area (Å²) in [6.45, 7) is 7.39. The van der Waals surface area contributed by atoms with Crippen molar-refractivity contribution >= 4 is 11.5 Å². The summed E-state index contributed by atoms with van der Waals surface area (Å²) < 4.78 is 5.25. The molecule has 0 radical (unpaired) electrons. The molecule has 1 saturated heterocycles. The fraction of sp³-hybridized carbons (Fsp3) is 0.545. The van der Waals surface area contributed by atoms with Crippen LogP contribution in [0.3, 0.4) is 0 Å². The highest BCUT2D eigenvalue weighted by atomic mass is 16.5. The van der Waals surface area contributed by atoms with Crippen LogP contribution >= 0.6 is 0 Å². The number of anilines is 2. The first-order valence-corrected chi connectivity index (χ1v) is 5.40. The second kappa shape index (κ2) is 6.24. The van der Waals surface area contributed by atoms with Gasteiger partial charge in [-0.2, -0.15) is 0 Å². The van der Waals surface area contributed by atoms with Crippen LogP contribution in [0.2, 0.25) is 0 Å². The van der Waals surface area contributed by atoms with Crippen LogP contribution in [0.15, 0.2) is 18.3 Å². The molecule has 2 rings (SSSR count). The molecule has 4 nitrogen and oxygen atoms in total. The van der Waals surface area contributed by atoms with E-state index in [1.54, 1.807) is 6.20 Å². The summed E-state index contributed by atoms with van der Waals surface area (Å²) in [6.07, 6.45) is 1.69. The van der Waals surface area contributed by atoms with Gasteiger partial charge >= 0.3 is 0 Å². The van der Waals surface area contributed by atoms with Crippen LogP contribution in [0.5, 0.6) is 0 Å². The van der Waals surface area contributed by atoms with Crippen LogP contribution < -0.4 is 10.6 Å². The highest BCUT2D eigenvalue weighted by molar-refractivity contribution is 5.45. The maximum atomic E-state index is 5.55. The molecule has 0 unspecified atom stereocenters. The molecule has 0 aliphatic carbocycles. The number of nitrogens with two attached hydrogens (primary N) is 1. The lowest BCUT2D eigenvalue weighted by Crippen LogP contribution is -2.36. The third-order valence-corrected chi connectivity index (χ3v) is 2.11. The largest absolute Gasteiger partial charge is 0.397 e. The lowest BCUT2D eigenvalue weighted by Gasteiger charge is -2.27. The molecule has 84 valence electrons. The average Bonchev–Trinajstić information content (AvgIpc) is 2.34. The van der Waals surface area contributed by atoms with Gasteiger partial charge in [0.15, 0.2) is 0 Å². The Kier molecular flexibility index (Phi) is 4.90. The number of pyridine rings is 1. The van der Waals surface area contributed by atoms with Gasteiger partial charge in [0.05, 0.1) is 25.1 Å². The van der Waals surface area contributed by atoms with E-state index >= 15 is 0 Å². The van der Waals surface area contributed by atoms with Crippen molar-refractivity contribution in [3.63, 3.8) is 0 Å². The van der Waals surface area contributed by atoms with E-state index in [4.69, 9.17) is 10.5 Å². The Morgan fingerprint density at radius 3 is 2.47 bits per heavy atom. The summed E-state index contributed by atoms with van der Waals surface area (Å²) in [7, 11) is 0. The Hall–Kier alpha value is -1.29. The molecule has 1 aliphatic heterocycles. The van der Waals surface area contributed by atoms with E-state index in [0.717, 1.165) is 32.1 Å². The minimum Gasteiger partial charge on any atom is -0.397 e. The third-order valence-electron chi connectivity index (χ3n) is 2.11. The minimum atomic E-state index is 0.706. The molecule has 2 N–H and O–H groups in total. The maximum Gasteiger partial charge on any atom is 0.128 e. The number of ether oxygens (including phenoxy) is 1. The van der Waals surface area contributed by atoms with E-state index in [2.05, 4.69) is 9.88 Å². The molecule has 15 heavy (non-hydrogen) atoms. The normalized spacial score (nSPS) is 15.5. The van der Waals surface area contributed by atoms with E-state index in [1.807, 2.05) is 26.0 Å². The lowest BCUT2D eigenvalue weighted by atomic mass is 10.3. The average molecular weight is 209 g/mol. The monoisotopic (exact) mass is 209 g/mol. The molecule has 1 aromatic heterocycles. The van der Waals surface area contributed by atoms with Crippen LogP contribution in [-0.4, -0.2) is 31.3 Å². The van der Waals surface area contributed by atoms with Gasteiger partial charge in [0.1, 0.15) is 5.82 Å². The van der Waals surface area contributed by atoms with Gasteiger partial charge in [-0.25, -0.2) is 4.98 Å². The Morgan fingerprint density at radius 2 is 1.93 bits per heavy atom. The van der Waals surface area contributed by atoms with Gasteiger partial charge in [-0.15, -0.1) is 0 Å². The van der Waals surface area contributed by atoms with Crippen molar-refractivity contribution in [2.24, 2.45) is 0 Å². The van der Waals surface area contributed by atoms with Crippen molar-refractivity contribution in [3.8, 4) is 0 Å². The van der Waals surface area contributed by atoms with E-state index in [9.17, 15) is 0 Å². The van der Waals surface area contributed by atoms with Crippen molar-refractivity contribution < 1.29 is 4.74 Å². The molecule has 0 bridgehead atoms. The number of hydrogen-bond donors (Lipinski definition) is 1. The molecular weight excluding hydrogens is 190 g/mol. The quantitative estimate of drug-likeness (QED) is 0.762. The van der Waals surface area contributed by atoms with Crippen LogP contribution in [0.1, 0.15) is 13.8 Å². The summed E-state index contributed by atoms with van der Waals surface area (Å²) >= 11 is 0. The first-order valence-electron chi connectivity index (χ1n) is 5.40. The zero-order valence-corrected chi connectivity index (χ0v) is 9.44. The Balaban J connectivity index is 0.000000531. The third kappa shape index (κ3) is 3.40. The maximum absolute atomic E-state index is 5.55. The fourth-order valence-corrected chi connectivity index (χ4v) is 1.38. The molecule has 4 heteroatoms. The summed E-state index contributed by atoms with van der Waals surface area (Å²) in [5, 5.41) is 0. The molecule has 1 aromatic rings. The molecule has 1 aliphatic rings. The van der Waals surface area contributed by atoms with Gasteiger partial charge in [0.25, 0.3) is 0 Å². The minimum absolute atomic E-state index is 0.706. The van der Waals surface area contributed by atoms with Gasteiger partial charge in [-0.1, -0.05) is 13.8 Å². The Bertz CT molecular complexity index is 268. The standard InChI is InChI=1S/C9H13N3O.C2H6/c10-8-1-2-9(11-7-8)12-3-5-13-6-4-12;1-2/h1-2,7H,3-6,10H2;1-2H3. The smallest absolute Gasteiger partial charge is 0.128 e. The van der Waals surface area contributed by atoms with Crippen LogP contribution in [0, 0.1) is 0 Å². The summed E-state index contributed by atoms with van der Waals surface area (Å²) in [6, 6.07) is 3.82. The van der Waals surface area contributed by atoms with Crippen LogP contribution in [0.25, 0.3) is 0 Å². The number of nitrogens with zero attached hydrogens (tertiary/aromatic N) is 2. The highest BCUT2D eigenvalue weighted by Crippen LogP contribution is 2.13. The Labute approximate surface area is 91.1 Å². The number of rotatable bonds is 1. The number of hydrogen-bond acceptors (Lipinski definition) is 4. The molecular formula is C11H19N3O. The van der Waals surface area contributed by atoms with E-state index in [1.165, 1.54) is 0 Å².